The Hall–Kier alpha value is -1.71. The fourth-order valence-corrected chi connectivity index (χ4v) is 2.10. The lowest BCUT2D eigenvalue weighted by Crippen LogP contribution is -2.06. The molecule has 0 amide bonds. The summed E-state index contributed by atoms with van der Waals surface area (Å²) in [6.07, 6.45) is 3.89. The summed E-state index contributed by atoms with van der Waals surface area (Å²) in [6.45, 7) is 10.3. The molecule has 0 aromatic carbocycles. The lowest BCUT2D eigenvalue weighted by atomic mass is 10.1. The summed E-state index contributed by atoms with van der Waals surface area (Å²) in [5, 5.41) is 7.77. The van der Waals surface area contributed by atoms with Crippen LogP contribution in [-0.4, -0.2) is 9.78 Å². The van der Waals surface area contributed by atoms with Crippen LogP contribution in [0.15, 0.2) is 22.9 Å². The summed E-state index contributed by atoms with van der Waals surface area (Å²) >= 11 is 0. The lowest BCUT2D eigenvalue weighted by Gasteiger charge is -2.12. The first-order valence-electron chi connectivity index (χ1n) is 6.35. The van der Waals surface area contributed by atoms with Gasteiger partial charge in [0.15, 0.2) is 0 Å². The highest BCUT2D eigenvalue weighted by Crippen LogP contribution is 2.24. The monoisotopic (exact) mass is 247 g/mol. The fraction of sp³-hybridized carbons (Fsp3) is 0.500. The molecule has 1 atom stereocenters. The van der Waals surface area contributed by atoms with Gasteiger partial charge in [0.25, 0.3) is 0 Å². The van der Waals surface area contributed by atoms with Gasteiger partial charge in [-0.05, 0) is 40.7 Å². The average molecular weight is 247 g/mol. The van der Waals surface area contributed by atoms with Gasteiger partial charge in [0.2, 0.25) is 0 Å². The Morgan fingerprint density at radius 2 is 2.00 bits per heavy atom. The predicted molar refractivity (Wildman–Crippen MR) is 72.8 cm³/mol. The molecule has 2 rings (SSSR count). The molecule has 0 saturated heterocycles. The standard InChI is InChI=1S/C14H21N3O/c1-9(2)17-8-13(7-15-17)16-11(4)14-6-10(3)18-12(14)5/h6-9,11,16H,1-5H3. The Labute approximate surface area is 108 Å². The van der Waals surface area contributed by atoms with E-state index < -0.39 is 0 Å². The van der Waals surface area contributed by atoms with Crippen molar-refractivity contribution in [1.29, 1.82) is 0 Å². The number of furan rings is 1. The van der Waals surface area contributed by atoms with Gasteiger partial charge in [-0.3, -0.25) is 4.68 Å². The second kappa shape index (κ2) is 4.88. The van der Waals surface area contributed by atoms with E-state index in [0.29, 0.717) is 6.04 Å². The zero-order valence-corrected chi connectivity index (χ0v) is 11.7. The minimum Gasteiger partial charge on any atom is -0.466 e. The van der Waals surface area contributed by atoms with Crippen molar-refractivity contribution in [2.45, 2.75) is 46.7 Å². The van der Waals surface area contributed by atoms with Crippen molar-refractivity contribution in [3.05, 3.63) is 35.5 Å². The van der Waals surface area contributed by atoms with Gasteiger partial charge >= 0.3 is 0 Å². The second-order valence-corrected chi connectivity index (χ2v) is 5.04. The van der Waals surface area contributed by atoms with E-state index in [2.05, 4.69) is 37.3 Å². The average Bonchev–Trinajstić information content (AvgIpc) is 2.85. The molecule has 0 aliphatic carbocycles. The quantitative estimate of drug-likeness (QED) is 0.892. The predicted octanol–water partition coefficient (Wildman–Crippen LogP) is 3.85. The Balaban J connectivity index is 2.11. The van der Waals surface area contributed by atoms with Crippen molar-refractivity contribution < 1.29 is 4.42 Å². The van der Waals surface area contributed by atoms with Crippen LogP contribution in [-0.2, 0) is 0 Å². The lowest BCUT2D eigenvalue weighted by molar-refractivity contribution is 0.500. The largest absolute Gasteiger partial charge is 0.466 e. The molecule has 0 spiro atoms. The summed E-state index contributed by atoms with van der Waals surface area (Å²) in [4.78, 5) is 0. The molecule has 0 radical (unpaired) electrons. The van der Waals surface area contributed by atoms with E-state index in [1.807, 2.05) is 30.9 Å². The fourth-order valence-electron chi connectivity index (χ4n) is 2.10. The van der Waals surface area contributed by atoms with Crippen molar-refractivity contribution in [3.8, 4) is 0 Å². The number of anilines is 1. The van der Waals surface area contributed by atoms with Crippen LogP contribution in [0.1, 0.15) is 49.9 Å². The van der Waals surface area contributed by atoms with Gasteiger partial charge < -0.3 is 9.73 Å². The number of aryl methyl sites for hydroxylation is 2. The van der Waals surface area contributed by atoms with E-state index in [0.717, 1.165) is 17.2 Å². The highest BCUT2D eigenvalue weighted by atomic mass is 16.3. The third-order valence-corrected chi connectivity index (χ3v) is 3.06. The van der Waals surface area contributed by atoms with Gasteiger partial charge in [0.05, 0.1) is 17.9 Å². The zero-order valence-electron chi connectivity index (χ0n) is 11.7. The number of hydrogen-bond acceptors (Lipinski definition) is 3. The number of nitrogens with zero attached hydrogens (tertiary/aromatic N) is 2. The highest BCUT2D eigenvalue weighted by molar-refractivity contribution is 5.42. The van der Waals surface area contributed by atoms with E-state index in [4.69, 9.17) is 4.42 Å². The molecule has 0 aliphatic rings. The first-order valence-corrected chi connectivity index (χ1v) is 6.35. The van der Waals surface area contributed by atoms with Crippen molar-refractivity contribution in [1.82, 2.24) is 9.78 Å². The van der Waals surface area contributed by atoms with Crippen LogP contribution < -0.4 is 5.32 Å². The maximum absolute atomic E-state index is 5.56. The number of aromatic nitrogens is 2. The van der Waals surface area contributed by atoms with Gasteiger partial charge in [-0.25, -0.2) is 0 Å². The molecule has 1 unspecified atom stereocenters. The number of rotatable bonds is 4. The van der Waals surface area contributed by atoms with Crippen LogP contribution in [0.2, 0.25) is 0 Å². The summed E-state index contributed by atoms with van der Waals surface area (Å²) < 4.78 is 7.50. The van der Waals surface area contributed by atoms with Gasteiger partial charge in [-0.15, -0.1) is 0 Å². The second-order valence-electron chi connectivity index (χ2n) is 5.04. The Morgan fingerprint density at radius 3 is 2.50 bits per heavy atom. The molecular weight excluding hydrogens is 226 g/mol. The Morgan fingerprint density at radius 1 is 1.28 bits per heavy atom. The van der Waals surface area contributed by atoms with Gasteiger partial charge in [0, 0.05) is 17.8 Å². The Kier molecular flexibility index (Phi) is 3.45. The smallest absolute Gasteiger partial charge is 0.106 e. The normalized spacial score (nSPS) is 13.0. The van der Waals surface area contributed by atoms with Crippen LogP contribution in [0.4, 0.5) is 5.69 Å². The first-order chi connectivity index (χ1) is 8.47. The van der Waals surface area contributed by atoms with E-state index in [1.54, 1.807) is 0 Å². The molecule has 18 heavy (non-hydrogen) atoms. The van der Waals surface area contributed by atoms with Crippen LogP contribution in [0.25, 0.3) is 0 Å². The van der Waals surface area contributed by atoms with Gasteiger partial charge in [0.1, 0.15) is 11.5 Å². The van der Waals surface area contributed by atoms with E-state index in [9.17, 15) is 0 Å². The third kappa shape index (κ3) is 2.58. The zero-order chi connectivity index (χ0) is 13.3. The van der Waals surface area contributed by atoms with Gasteiger partial charge in [-0.1, -0.05) is 0 Å². The maximum atomic E-state index is 5.56. The third-order valence-electron chi connectivity index (χ3n) is 3.06. The molecule has 4 nitrogen and oxygen atoms in total. The molecular formula is C14H21N3O. The maximum Gasteiger partial charge on any atom is 0.106 e. The van der Waals surface area contributed by atoms with Crippen molar-refractivity contribution in [2.24, 2.45) is 0 Å². The number of nitrogens with one attached hydrogen (secondary N) is 1. The van der Waals surface area contributed by atoms with Crippen molar-refractivity contribution in [2.75, 3.05) is 5.32 Å². The summed E-state index contributed by atoms with van der Waals surface area (Å²) in [6, 6.07) is 2.68. The minimum absolute atomic E-state index is 0.215. The first kappa shape index (κ1) is 12.7. The molecule has 4 heteroatoms. The highest BCUT2D eigenvalue weighted by Gasteiger charge is 2.13. The summed E-state index contributed by atoms with van der Waals surface area (Å²) in [7, 11) is 0. The molecule has 2 heterocycles. The summed E-state index contributed by atoms with van der Waals surface area (Å²) in [5.41, 5.74) is 2.24. The van der Waals surface area contributed by atoms with Gasteiger partial charge in [-0.2, -0.15) is 5.10 Å². The number of hydrogen-bond donors (Lipinski definition) is 1. The SMILES string of the molecule is Cc1cc(C(C)Nc2cnn(C(C)C)c2)c(C)o1. The molecule has 0 bridgehead atoms. The van der Waals surface area contributed by atoms with Crippen LogP contribution in [0, 0.1) is 13.8 Å². The van der Waals surface area contributed by atoms with Crippen molar-refractivity contribution in [3.63, 3.8) is 0 Å². The van der Waals surface area contributed by atoms with E-state index in [-0.39, 0.29) is 6.04 Å². The molecule has 0 aliphatic heterocycles. The van der Waals surface area contributed by atoms with E-state index >= 15 is 0 Å². The molecule has 2 aromatic heterocycles. The van der Waals surface area contributed by atoms with Crippen LogP contribution in [0.3, 0.4) is 0 Å². The molecule has 98 valence electrons. The molecule has 0 fully saturated rings. The minimum atomic E-state index is 0.215. The van der Waals surface area contributed by atoms with E-state index in [1.165, 1.54) is 5.56 Å². The molecule has 1 N–H and O–H groups in total. The Bertz CT molecular complexity index is 525. The molecule has 2 aromatic rings. The topological polar surface area (TPSA) is 43.0 Å². The van der Waals surface area contributed by atoms with Crippen LogP contribution in [0.5, 0.6) is 0 Å². The van der Waals surface area contributed by atoms with Crippen molar-refractivity contribution >= 4 is 5.69 Å². The van der Waals surface area contributed by atoms with Crippen LogP contribution >= 0.6 is 0 Å². The molecule has 0 saturated carbocycles. The summed E-state index contributed by atoms with van der Waals surface area (Å²) in [5.74, 6) is 1.93.